The Kier molecular flexibility index (Phi) is 8.39. The summed E-state index contributed by atoms with van der Waals surface area (Å²) >= 11 is 3.28. The molecule has 120 valence electrons. The molecule has 0 fully saturated rings. The lowest BCUT2D eigenvalue weighted by Crippen LogP contribution is -2.31. The molecular formula is C15H18BrNO5. The van der Waals surface area contributed by atoms with Crippen LogP contribution in [0.15, 0.2) is 28.7 Å². The van der Waals surface area contributed by atoms with Crippen LogP contribution in [0.25, 0.3) is 0 Å². The van der Waals surface area contributed by atoms with Gasteiger partial charge in [0, 0.05) is 30.1 Å². The molecule has 0 bridgehead atoms. The molecule has 1 rings (SSSR count). The molecule has 7 heteroatoms. The van der Waals surface area contributed by atoms with Crippen LogP contribution in [-0.4, -0.2) is 44.5 Å². The van der Waals surface area contributed by atoms with Crippen molar-refractivity contribution in [2.45, 2.75) is 12.8 Å². The number of rotatable bonds is 9. The molecule has 0 aliphatic rings. The van der Waals surface area contributed by atoms with Crippen LogP contribution in [0.1, 0.15) is 23.2 Å². The minimum absolute atomic E-state index is 0.0474. The molecule has 6 nitrogen and oxygen atoms in total. The number of nitrogens with one attached hydrogen (secondary N) is 1. The molecule has 0 unspecified atom stereocenters. The summed E-state index contributed by atoms with van der Waals surface area (Å²) < 4.78 is 10.4. The fourth-order valence-electron chi connectivity index (χ4n) is 1.56. The summed E-state index contributed by atoms with van der Waals surface area (Å²) in [5.41, 5.74) is 0.535. The first-order chi connectivity index (χ1) is 10.5. The second-order valence-corrected chi connectivity index (χ2v) is 5.35. The van der Waals surface area contributed by atoms with Gasteiger partial charge >= 0.3 is 5.97 Å². The molecule has 0 spiro atoms. The van der Waals surface area contributed by atoms with E-state index in [9.17, 15) is 14.4 Å². The Hall–Kier alpha value is -1.73. The number of ketones is 1. The van der Waals surface area contributed by atoms with E-state index in [4.69, 9.17) is 9.47 Å². The predicted octanol–water partition coefficient (Wildman–Crippen LogP) is 1.72. The molecule has 1 aromatic carbocycles. The van der Waals surface area contributed by atoms with Gasteiger partial charge in [-0.2, -0.15) is 0 Å². The Morgan fingerprint density at radius 1 is 1.14 bits per heavy atom. The summed E-state index contributed by atoms with van der Waals surface area (Å²) in [7, 11) is 1.52. The molecule has 22 heavy (non-hydrogen) atoms. The summed E-state index contributed by atoms with van der Waals surface area (Å²) in [5.74, 6) is -1.12. The fourth-order valence-corrected chi connectivity index (χ4v) is 1.82. The summed E-state index contributed by atoms with van der Waals surface area (Å²) in [4.78, 5) is 34.6. The molecule has 0 saturated carbocycles. The Morgan fingerprint density at radius 2 is 1.82 bits per heavy atom. The van der Waals surface area contributed by atoms with E-state index < -0.39 is 11.9 Å². The smallest absolute Gasteiger partial charge is 0.306 e. The number of methoxy groups -OCH3 is 1. The van der Waals surface area contributed by atoms with Gasteiger partial charge in [0.1, 0.15) is 0 Å². The summed E-state index contributed by atoms with van der Waals surface area (Å²) in [5, 5.41) is 2.52. The topological polar surface area (TPSA) is 81.7 Å². The van der Waals surface area contributed by atoms with Crippen molar-refractivity contribution in [2.24, 2.45) is 0 Å². The third-order valence-electron chi connectivity index (χ3n) is 2.71. The summed E-state index contributed by atoms with van der Waals surface area (Å²) in [6.45, 7) is 0.394. The van der Waals surface area contributed by atoms with Gasteiger partial charge in [0.15, 0.2) is 12.4 Å². The van der Waals surface area contributed by atoms with Crippen LogP contribution in [0, 0.1) is 0 Å². The molecule has 1 amide bonds. The lowest BCUT2D eigenvalue weighted by atomic mass is 10.1. The van der Waals surface area contributed by atoms with Crippen LogP contribution in [0.2, 0.25) is 0 Å². The maximum Gasteiger partial charge on any atom is 0.306 e. The molecule has 0 saturated heterocycles. The maximum absolute atomic E-state index is 11.9. The SMILES string of the molecule is COCCNC(=O)COC(=O)CCC(=O)c1ccc(Br)cc1. The zero-order valence-corrected chi connectivity index (χ0v) is 13.9. The Morgan fingerprint density at radius 3 is 2.45 bits per heavy atom. The third-order valence-corrected chi connectivity index (χ3v) is 3.24. The fraction of sp³-hybridized carbons (Fsp3) is 0.400. The zero-order valence-electron chi connectivity index (χ0n) is 12.3. The van der Waals surface area contributed by atoms with E-state index in [-0.39, 0.29) is 25.2 Å². The first-order valence-corrected chi connectivity index (χ1v) is 7.52. The highest BCUT2D eigenvalue weighted by Gasteiger charge is 2.11. The number of halogens is 1. The Bertz CT molecular complexity index is 515. The Labute approximate surface area is 137 Å². The average molecular weight is 372 g/mol. The highest BCUT2D eigenvalue weighted by atomic mass is 79.9. The minimum Gasteiger partial charge on any atom is -0.456 e. The highest BCUT2D eigenvalue weighted by molar-refractivity contribution is 9.10. The zero-order chi connectivity index (χ0) is 16.4. The first kappa shape index (κ1) is 18.3. The molecule has 1 aromatic rings. The molecule has 0 heterocycles. The van der Waals surface area contributed by atoms with Gasteiger partial charge in [-0.3, -0.25) is 14.4 Å². The van der Waals surface area contributed by atoms with E-state index in [2.05, 4.69) is 21.2 Å². The largest absolute Gasteiger partial charge is 0.456 e. The van der Waals surface area contributed by atoms with E-state index in [1.54, 1.807) is 24.3 Å². The molecule has 0 aliphatic heterocycles. The van der Waals surface area contributed by atoms with Crippen molar-refractivity contribution >= 4 is 33.6 Å². The van der Waals surface area contributed by atoms with Crippen molar-refractivity contribution in [1.29, 1.82) is 0 Å². The van der Waals surface area contributed by atoms with E-state index in [1.165, 1.54) is 7.11 Å². The van der Waals surface area contributed by atoms with E-state index in [0.717, 1.165) is 4.47 Å². The van der Waals surface area contributed by atoms with Gasteiger partial charge in [0.05, 0.1) is 13.0 Å². The highest BCUT2D eigenvalue weighted by Crippen LogP contribution is 2.12. The number of benzene rings is 1. The number of Topliss-reactive ketones (excluding diaryl/α,β-unsaturated/α-hetero) is 1. The number of hydrogen-bond acceptors (Lipinski definition) is 5. The minimum atomic E-state index is -0.577. The Balaban J connectivity index is 2.24. The van der Waals surface area contributed by atoms with Gasteiger partial charge in [-0.25, -0.2) is 0 Å². The number of carbonyl (C=O) groups excluding carboxylic acids is 3. The van der Waals surface area contributed by atoms with Crippen molar-refractivity contribution in [3.05, 3.63) is 34.3 Å². The predicted molar refractivity (Wildman–Crippen MR) is 83.6 cm³/mol. The monoisotopic (exact) mass is 371 g/mol. The van der Waals surface area contributed by atoms with Crippen molar-refractivity contribution in [3.8, 4) is 0 Å². The second kappa shape index (κ2) is 10.1. The van der Waals surface area contributed by atoms with Gasteiger partial charge in [0.25, 0.3) is 5.91 Å². The lowest BCUT2D eigenvalue weighted by Gasteiger charge is -2.06. The van der Waals surface area contributed by atoms with Crippen molar-refractivity contribution in [1.82, 2.24) is 5.32 Å². The number of amides is 1. The van der Waals surface area contributed by atoms with Crippen molar-refractivity contribution < 1.29 is 23.9 Å². The normalized spacial score (nSPS) is 10.1. The number of carbonyl (C=O) groups is 3. The van der Waals surface area contributed by atoms with Gasteiger partial charge in [0.2, 0.25) is 0 Å². The maximum atomic E-state index is 11.9. The third kappa shape index (κ3) is 7.33. The lowest BCUT2D eigenvalue weighted by molar-refractivity contribution is -0.148. The van der Waals surface area contributed by atoms with Gasteiger partial charge in [-0.05, 0) is 12.1 Å². The molecular weight excluding hydrogens is 354 g/mol. The van der Waals surface area contributed by atoms with E-state index in [1.807, 2.05) is 0 Å². The van der Waals surface area contributed by atoms with Crippen LogP contribution in [0.3, 0.4) is 0 Å². The van der Waals surface area contributed by atoms with Gasteiger partial charge < -0.3 is 14.8 Å². The molecule has 0 aliphatic carbocycles. The van der Waals surface area contributed by atoms with E-state index in [0.29, 0.717) is 18.7 Å². The van der Waals surface area contributed by atoms with Gasteiger partial charge in [-0.15, -0.1) is 0 Å². The molecule has 0 aromatic heterocycles. The standard InChI is InChI=1S/C15H18BrNO5/c1-21-9-8-17-14(19)10-22-15(20)7-6-13(18)11-2-4-12(16)5-3-11/h2-5H,6-10H2,1H3,(H,17,19). The molecule has 1 N–H and O–H groups in total. The van der Waals surface area contributed by atoms with Crippen molar-refractivity contribution in [2.75, 3.05) is 26.9 Å². The van der Waals surface area contributed by atoms with Crippen LogP contribution in [0.5, 0.6) is 0 Å². The van der Waals surface area contributed by atoms with Crippen LogP contribution >= 0.6 is 15.9 Å². The molecule has 0 radical (unpaired) electrons. The number of hydrogen-bond donors (Lipinski definition) is 1. The molecule has 0 atom stereocenters. The summed E-state index contributed by atoms with van der Waals surface area (Å²) in [6, 6.07) is 6.88. The van der Waals surface area contributed by atoms with E-state index >= 15 is 0 Å². The summed E-state index contributed by atoms with van der Waals surface area (Å²) in [6.07, 6.45) is -0.00793. The van der Waals surface area contributed by atoms with Crippen molar-refractivity contribution in [3.63, 3.8) is 0 Å². The average Bonchev–Trinajstić information content (AvgIpc) is 2.51. The van der Waals surface area contributed by atoms with Crippen LogP contribution in [0.4, 0.5) is 0 Å². The van der Waals surface area contributed by atoms with Crippen LogP contribution < -0.4 is 5.32 Å². The van der Waals surface area contributed by atoms with Gasteiger partial charge in [-0.1, -0.05) is 28.1 Å². The number of ether oxygens (including phenoxy) is 2. The first-order valence-electron chi connectivity index (χ1n) is 6.73. The second-order valence-electron chi connectivity index (χ2n) is 4.43. The number of esters is 1. The quantitative estimate of drug-likeness (QED) is 0.406. The van der Waals surface area contributed by atoms with Crippen LogP contribution in [-0.2, 0) is 19.1 Å².